The topological polar surface area (TPSA) is 62.3 Å². The highest BCUT2D eigenvalue weighted by molar-refractivity contribution is 8.02. The van der Waals surface area contributed by atoms with Crippen molar-refractivity contribution in [1.82, 2.24) is 14.7 Å². The summed E-state index contributed by atoms with van der Waals surface area (Å²) in [5.41, 5.74) is 1.63. The summed E-state index contributed by atoms with van der Waals surface area (Å²) in [7, 11) is 3.27. The van der Waals surface area contributed by atoms with Crippen LogP contribution in [-0.4, -0.2) is 71.8 Å². The van der Waals surface area contributed by atoms with E-state index in [9.17, 15) is 9.59 Å². The van der Waals surface area contributed by atoms with Gasteiger partial charge in [-0.2, -0.15) is 0 Å². The molecule has 0 saturated carbocycles. The van der Waals surface area contributed by atoms with Gasteiger partial charge in [0.05, 0.1) is 32.1 Å². The van der Waals surface area contributed by atoms with Crippen LogP contribution in [0.1, 0.15) is 52.5 Å². The van der Waals surface area contributed by atoms with Crippen LogP contribution >= 0.6 is 11.8 Å². The molecule has 2 saturated heterocycles. The fourth-order valence-corrected chi connectivity index (χ4v) is 5.76. The fraction of sp³-hybridized carbons (Fsp3) is 0.571. The maximum atomic E-state index is 13.9. The first kappa shape index (κ1) is 28.0. The Morgan fingerprint density at radius 1 is 1.14 bits per heavy atom. The zero-order chi connectivity index (χ0) is 26.3. The van der Waals surface area contributed by atoms with E-state index < -0.39 is 5.54 Å². The summed E-state index contributed by atoms with van der Waals surface area (Å²) in [6, 6.07) is 5.78. The molecule has 1 atom stereocenters. The second-order valence-corrected chi connectivity index (χ2v) is 10.4. The lowest BCUT2D eigenvalue weighted by atomic mass is 9.82. The number of ether oxygens (including phenoxy) is 2. The number of piperidine rings is 1. The lowest BCUT2D eigenvalue weighted by Crippen LogP contribution is -2.55. The molecule has 7 nitrogen and oxygen atoms in total. The van der Waals surface area contributed by atoms with Crippen LogP contribution in [0.3, 0.4) is 0 Å². The van der Waals surface area contributed by atoms with Gasteiger partial charge in [-0.3, -0.25) is 9.69 Å². The van der Waals surface area contributed by atoms with Crippen molar-refractivity contribution in [2.75, 3.05) is 39.6 Å². The van der Waals surface area contributed by atoms with Crippen LogP contribution in [0.25, 0.3) is 0 Å². The van der Waals surface area contributed by atoms with Gasteiger partial charge in [-0.1, -0.05) is 32.4 Å². The standard InChI is InChI=1S/C28H41N3O4S/c1-7-14-36-20-26(32)29-12-10-28(11-13-29)25(15-21(4)8-2)30(27(33)31(28)9-3)19-22-16-23(34-5)18-24(17-22)35-6/h7,14-18,21H,8-13,19-20H2,1-6H3/b14-7-,25-15-/t21-/m1/s1. The number of allylic oxidation sites excluding steroid dienone is 2. The number of carbonyl (C=O) groups is 2. The Kier molecular flexibility index (Phi) is 9.77. The molecule has 198 valence electrons. The van der Waals surface area contributed by atoms with Crippen LogP contribution in [0.5, 0.6) is 11.5 Å². The van der Waals surface area contributed by atoms with Crippen molar-refractivity contribution in [1.29, 1.82) is 0 Å². The van der Waals surface area contributed by atoms with Gasteiger partial charge >= 0.3 is 6.03 Å². The number of likely N-dealkylation sites (N-methyl/N-ethyl adjacent to an activating group) is 1. The van der Waals surface area contributed by atoms with Crippen molar-refractivity contribution >= 4 is 23.7 Å². The predicted octanol–water partition coefficient (Wildman–Crippen LogP) is 5.52. The third kappa shape index (κ3) is 5.85. The summed E-state index contributed by atoms with van der Waals surface area (Å²) in [5.74, 6) is 2.35. The highest BCUT2D eigenvalue weighted by Gasteiger charge is 2.54. The molecule has 0 aromatic heterocycles. The van der Waals surface area contributed by atoms with Gasteiger partial charge in [0.2, 0.25) is 5.91 Å². The molecular weight excluding hydrogens is 474 g/mol. The van der Waals surface area contributed by atoms with E-state index in [2.05, 4.69) is 19.9 Å². The van der Waals surface area contributed by atoms with Crippen molar-refractivity contribution in [2.24, 2.45) is 5.92 Å². The maximum Gasteiger partial charge on any atom is 0.325 e. The van der Waals surface area contributed by atoms with Crippen molar-refractivity contribution in [3.8, 4) is 11.5 Å². The van der Waals surface area contributed by atoms with E-state index in [0.717, 1.165) is 30.5 Å². The largest absolute Gasteiger partial charge is 0.497 e. The van der Waals surface area contributed by atoms with Crippen molar-refractivity contribution < 1.29 is 19.1 Å². The number of likely N-dealkylation sites (tertiary alicyclic amines) is 1. The molecule has 1 aromatic rings. The molecule has 1 aromatic carbocycles. The van der Waals surface area contributed by atoms with Gasteiger partial charge in [0.1, 0.15) is 11.5 Å². The quantitative estimate of drug-likeness (QED) is 0.411. The van der Waals surface area contributed by atoms with E-state index in [1.807, 2.05) is 58.2 Å². The Morgan fingerprint density at radius 2 is 1.78 bits per heavy atom. The Balaban J connectivity index is 1.93. The van der Waals surface area contributed by atoms with E-state index in [1.54, 1.807) is 14.2 Å². The monoisotopic (exact) mass is 515 g/mol. The fourth-order valence-electron chi connectivity index (χ4n) is 5.14. The molecule has 36 heavy (non-hydrogen) atoms. The Labute approximate surface area is 220 Å². The number of urea groups is 1. The molecule has 2 fully saturated rings. The Hall–Kier alpha value is -2.61. The van der Waals surface area contributed by atoms with Gasteiger partial charge in [-0.05, 0) is 55.7 Å². The molecule has 2 heterocycles. The van der Waals surface area contributed by atoms with Gasteiger partial charge in [0.15, 0.2) is 0 Å². The minimum atomic E-state index is -0.397. The van der Waals surface area contributed by atoms with Gasteiger partial charge < -0.3 is 19.3 Å². The van der Waals surface area contributed by atoms with E-state index in [4.69, 9.17) is 9.47 Å². The molecule has 0 aliphatic carbocycles. The second kappa shape index (κ2) is 12.6. The number of amides is 3. The summed E-state index contributed by atoms with van der Waals surface area (Å²) in [6.07, 6.45) is 6.71. The minimum absolute atomic E-state index is 0.0252. The van der Waals surface area contributed by atoms with Gasteiger partial charge in [0, 0.05) is 31.4 Å². The summed E-state index contributed by atoms with van der Waals surface area (Å²) >= 11 is 1.53. The number of carbonyl (C=O) groups excluding carboxylic acids is 2. The Morgan fingerprint density at radius 3 is 2.31 bits per heavy atom. The molecule has 3 amide bonds. The van der Waals surface area contributed by atoms with Gasteiger partial charge in [-0.15, -0.1) is 11.8 Å². The molecule has 8 heteroatoms. The van der Waals surface area contributed by atoms with Crippen LogP contribution in [0, 0.1) is 5.92 Å². The average molecular weight is 516 g/mol. The zero-order valence-electron chi connectivity index (χ0n) is 22.6. The average Bonchev–Trinajstić information content (AvgIpc) is 3.09. The van der Waals surface area contributed by atoms with Crippen LogP contribution in [0.15, 0.2) is 41.5 Å². The molecule has 3 rings (SSSR count). The zero-order valence-corrected chi connectivity index (χ0v) is 23.4. The lowest BCUT2D eigenvalue weighted by Gasteiger charge is -2.44. The smallest absolute Gasteiger partial charge is 0.325 e. The SMILES string of the molecule is C/C=C\SCC(=O)N1CCC2(CC1)/C(=C/[C@H](C)CC)N(Cc1cc(OC)cc(OC)c1)C(=O)N2CC. The number of hydrogen-bond donors (Lipinski definition) is 0. The summed E-state index contributed by atoms with van der Waals surface area (Å²) < 4.78 is 10.9. The number of rotatable bonds is 10. The number of thioether (sulfide) groups is 1. The molecule has 2 aliphatic heterocycles. The third-order valence-corrected chi connectivity index (χ3v) is 8.16. The van der Waals surface area contributed by atoms with Gasteiger partial charge in [-0.25, -0.2) is 4.79 Å². The first-order valence-corrected chi connectivity index (χ1v) is 13.9. The van der Waals surface area contributed by atoms with Crippen LogP contribution < -0.4 is 9.47 Å². The number of benzene rings is 1. The third-order valence-electron chi connectivity index (χ3n) is 7.28. The molecular formula is C28H41N3O4S. The normalized spacial score (nSPS) is 19.6. The molecule has 0 N–H and O–H groups in total. The summed E-state index contributed by atoms with van der Waals surface area (Å²) in [5, 5.41) is 1.95. The highest BCUT2D eigenvalue weighted by Crippen LogP contribution is 2.45. The lowest BCUT2D eigenvalue weighted by molar-refractivity contribution is -0.130. The minimum Gasteiger partial charge on any atom is -0.497 e. The Bertz CT molecular complexity index is 963. The number of hydrogen-bond acceptors (Lipinski definition) is 5. The summed E-state index contributed by atoms with van der Waals surface area (Å²) in [6.45, 7) is 10.7. The van der Waals surface area contributed by atoms with E-state index in [-0.39, 0.29) is 11.9 Å². The molecule has 2 aliphatic rings. The van der Waals surface area contributed by atoms with E-state index in [1.165, 1.54) is 11.8 Å². The first-order valence-electron chi connectivity index (χ1n) is 12.9. The number of methoxy groups -OCH3 is 2. The molecule has 0 unspecified atom stereocenters. The molecule has 0 radical (unpaired) electrons. The van der Waals surface area contributed by atoms with Crippen molar-refractivity contribution in [3.05, 3.63) is 47.0 Å². The van der Waals surface area contributed by atoms with Crippen molar-refractivity contribution in [2.45, 2.75) is 59.0 Å². The van der Waals surface area contributed by atoms with E-state index in [0.29, 0.717) is 49.3 Å². The maximum absolute atomic E-state index is 13.9. The molecule has 0 bridgehead atoms. The van der Waals surface area contributed by atoms with Crippen LogP contribution in [0.4, 0.5) is 4.79 Å². The van der Waals surface area contributed by atoms with Crippen molar-refractivity contribution in [3.63, 3.8) is 0 Å². The predicted molar refractivity (Wildman–Crippen MR) is 146 cm³/mol. The van der Waals surface area contributed by atoms with E-state index >= 15 is 0 Å². The van der Waals surface area contributed by atoms with Crippen LogP contribution in [-0.2, 0) is 11.3 Å². The number of nitrogens with zero attached hydrogens (tertiary/aromatic N) is 3. The first-order chi connectivity index (χ1) is 17.3. The highest BCUT2D eigenvalue weighted by atomic mass is 32.2. The second-order valence-electron chi connectivity index (χ2n) is 9.46. The molecule has 1 spiro atoms. The summed E-state index contributed by atoms with van der Waals surface area (Å²) in [4.78, 5) is 32.5. The van der Waals surface area contributed by atoms with Gasteiger partial charge in [0.25, 0.3) is 0 Å². The van der Waals surface area contributed by atoms with Crippen LogP contribution in [0.2, 0.25) is 0 Å².